The lowest BCUT2D eigenvalue weighted by Crippen LogP contribution is -2.32. The van der Waals surface area contributed by atoms with Gasteiger partial charge in [-0.1, -0.05) is 13.3 Å². The molecule has 1 fully saturated rings. The van der Waals surface area contributed by atoms with Crippen LogP contribution in [0.4, 0.5) is 5.69 Å². The van der Waals surface area contributed by atoms with E-state index in [0.29, 0.717) is 11.7 Å². The van der Waals surface area contributed by atoms with Crippen molar-refractivity contribution in [3.63, 3.8) is 0 Å². The van der Waals surface area contributed by atoms with Gasteiger partial charge in [0.15, 0.2) is 0 Å². The van der Waals surface area contributed by atoms with E-state index in [1.54, 1.807) is 6.92 Å². The number of carboxylic acids is 1. The maximum absolute atomic E-state index is 12.3. The fraction of sp³-hybridized carbons (Fsp3) is 0.533. The first-order chi connectivity index (χ1) is 10.3. The molecule has 1 aromatic rings. The second kappa shape index (κ2) is 6.66. The van der Waals surface area contributed by atoms with Gasteiger partial charge in [-0.2, -0.15) is 0 Å². The van der Waals surface area contributed by atoms with Crippen LogP contribution in [0.1, 0.15) is 49.9 Å². The van der Waals surface area contributed by atoms with E-state index in [4.69, 9.17) is 0 Å². The van der Waals surface area contributed by atoms with Crippen molar-refractivity contribution >= 4 is 21.7 Å². The zero-order valence-corrected chi connectivity index (χ0v) is 13.6. The molecule has 0 aromatic heterocycles. The van der Waals surface area contributed by atoms with E-state index in [-0.39, 0.29) is 16.5 Å². The summed E-state index contributed by atoms with van der Waals surface area (Å²) in [6, 6.07) is 4.29. The Labute approximate surface area is 131 Å². The number of rotatable bonds is 8. The Morgan fingerprint density at radius 3 is 2.64 bits per heavy atom. The average molecular weight is 326 g/mol. The summed E-state index contributed by atoms with van der Waals surface area (Å²) in [5.74, 6) is -1.14. The molecular weight excluding hydrogens is 304 g/mol. The SMILES string of the molecule is CCC[C@@H](C)NS(=O)(=O)c1ccc(NC2CC2)c(C(=O)O)c1. The van der Waals surface area contributed by atoms with Crippen LogP contribution in [-0.2, 0) is 10.0 Å². The first kappa shape index (κ1) is 16.8. The summed E-state index contributed by atoms with van der Waals surface area (Å²) in [5, 5.41) is 12.4. The van der Waals surface area contributed by atoms with Crippen LogP contribution in [-0.4, -0.2) is 31.6 Å². The third-order valence-corrected chi connectivity index (χ3v) is 5.13. The molecule has 3 N–H and O–H groups in total. The van der Waals surface area contributed by atoms with Crippen LogP contribution in [0.5, 0.6) is 0 Å². The van der Waals surface area contributed by atoms with E-state index in [9.17, 15) is 18.3 Å². The molecule has 1 aromatic carbocycles. The largest absolute Gasteiger partial charge is 0.478 e. The van der Waals surface area contributed by atoms with Crippen LogP contribution in [0.2, 0.25) is 0 Å². The number of benzene rings is 1. The van der Waals surface area contributed by atoms with Gasteiger partial charge >= 0.3 is 5.97 Å². The van der Waals surface area contributed by atoms with Crippen LogP contribution in [0.25, 0.3) is 0 Å². The maximum atomic E-state index is 12.3. The zero-order chi connectivity index (χ0) is 16.3. The third kappa shape index (κ3) is 4.20. The number of nitrogens with one attached hydrogen (secondary N) is 2. The molecule has 6 nitrogen and oxygen atoms in total. The van der Waals surface area contributed by atoms with E-state index in [1.165, 1.54) is 18.2 Å². The number of carboxylic acid groups (broad SMARTS) is 1. The van der Waals surface area contributed by atoms with Crippen molar-refractivity contribution in [3.05, 3.63) is 23.8 Å². The number of anilines is 1. The van der Waals surface area contributed by atoms with Gasteiger partial charge in [0.25, 0.3) is 0 Å². The lowest BCUT2D eigenvalue weighted by Gasteiger charge is -2.15. The summed E-state index contributed by atoms with van der Waals surface area (Å²) in [6.07, 6.45) is 3.62. The van der Waals surface area contributed by atoms with Crippen molar-refractivity contribution < 1.29 is 18.3 Å². The Balaban J connectivity index is 2.26. The number of aromatic carboxylic acids is 1. The van der Waals surface area contributed by atoms with Gasteiger partial charge in [-0.05, 0) is 44.4 Å². The lowest BCUT2D eigenvalue weighted by molar-refractivity contribution is 0.0697. The predicted molar refractivity (Wildman–Crippen MR) is 84.7 cm³/mol. The molecule has 122 valence electrons. The zero-order valence-electron chi connectivity index (χ0n) is 12.8. The van der Waals surface area contributed by atoms with Crippen LogP contribution >= 0.6 is 0 Å². The third-order valence-electron chi connectivity index (χ3n) is 3.55. The van der Waals surface area contributed by atoms with E-state index < -0.39 is 16.0 Å². The Bertz CT molecular complexity index is 654. The lowest BCUT2D eigenvalue weighted by atomic mass is 10.2. The second-order valence-electron chi connectivity index (χ2n) is 5.74. The van der Waals surface area contributed by atoms with Gasteiger partial charge < -0.3 is 10.4 Å². The van der Waals surface area contributed by atoms with E-state index >= 15 is 0 Å². The van der Waals surface area contributed by atoms with Crippen LogP contribution in [0.3, 0.4) is 0 Å². The molecule has 0 spiro atoms. The smallest absolute Gasteiger partial charge is 0.337 e. The van der Waals surface area contributed by atoms with E-state index in [1.807, 2.05) is 6.92 Å². The summed E-state index contributed by atoms with van der Waals surface area (Å²) >= 11 is 0. The maximum Gasteiger partial charge on any atom is 0.337 e. The second-order valence-corrected chi connectivity index (χ2v) is 7.46. The highest BCUT2D eigenvalue weighted by molar-refractivity contribution is 7.89. The fourth-order valence-electron chi connectivity index (χ4n) is 2.27. The van der Waals surface area contributed by atoms with Crippen LogP contribution < -0.4 is 10.0 Å². The molecule has 1 aliphatic rings. The fourth-order valence-corrected chi connectivity index (χ4v) is 3.57. The van der Waals surface area contributed by atoms with Gasteiger partial charge in [0, 0.05) is 17.8 Å². The minimum atomic E-state index is -3.71. The normalized spacial score (nSPS) is 16.3. The van der Waals surface area contributed by atoms with Crippen molar-refractivity contribution in [2.24, 2.45) is 0 Å². The van der Waals surface area contributed by atoms with Crippen molar-refractivity contribution in [2.75, 3.05) is 5.32 Å². The number of hydrogen-bond acceptors (Lipinski definition) is 4. The van der Waals surface area contributed by atoms with Gasteiger partial charge in [0.2, 0.25) is 10.0 Å². The van der Waals surface area contributed by atoms with Gasteiger partial charge in [-0.25, -0.2) is 17.9 Å². The molecule has 0 unspecified atom stereocenters. The van der Waals surface area contributed by atoms with Crippen molar-refractivity contribution in [3.8, 4) is 0 Å². The summed E-state index contributed by atoms with van der Waals surface area (Å²) in [6.45, 7) is 3.77. The molecule has 0 radical (unpaired) electrons. The molecule has 1 saturated carbocycles. The number of sulfonamides is 1. The van der Waals surface area contributed by atoms with Crippen molar-refractivity contribution in [1.29, 1.82) is 0 Å². The quantitative estimate of drug-likeness (QED) is 0.682. The van der Waals surface area contributed by atoms with Crippen LogP contribution in [0, 0.1) is 0 Å². The summed E-state index contributed by atoms with van der Waals surface area (Å²) in [7, 11) is -3.71. The summed E-state index contributed by atoms with van der Waals surface area (Å²) in [5.41, 5.74) is 0.452. The topological polar surface area (TPSA) is 95.5 Å². The first-order valence-corrected chi connectivity index (χ1v) is 8.98. The molecule has 0 saturated heterocycles. The summed E-state index contributed by atoms with van der Waals surface area (Å²) < 4.78 is 27.2. The molecule has 1 atom stereocenters. The highest BCUT2D eigenvalue weighted by Crippen LogP contribution is 2.28. The Hall–Kier alpha value is -1.60. The molecule has 22 heavy (non-hydrogen) atoms. The summed E-state index contributed by atoms with van der Waals surface area (Å²) in [4.78, 5) is 11.4. The van der Waals surface area contributed by atoms with Gasteiger partial charge in [-0.15, -0.1) is 0 Å². The molecule has 7 heteroatoms. The molecular formula is C15H22N2O4S. The van der Waals surface area contributed by atoms with Crippen molar-refractivity contribution in [1.82, 2.24) is 4.72 Å². The first-order valence-electron chi connectivity index (χ1n) is 7.49. The Kier molecular flexibility index (Phi) is 5.08. The number of carbonyl (C=O) groups is 1. The van der Waals surface area contributed by atoms with Gasteiger partial charge in [0.05, 0.1) is 10.5 Å². The standard InChI is InChI=1S/C15H22N2O4S/c1-3-4-10(2)17-22(20,21)12-7-8-14(16-11-5-6-11)13(9-12)15(18)19/h7-11,16-17H,3-6H2,1-2H3,(H,18,19)/t10-/m1/s1. The Morgan fingerprint density at radius 2 is 2.09 bits per heavy atom. The monoisotopic (exact) mass is 326 g/mol. The van der Waals surface area contributed by atoms with Gasteiger partial charge in [0.1, 0.15) is 0 Å². The van der Waals surface area contributed by atoms with Crippen molar-refractivity contribution in [2.45, 2.75) is 56.5 Å². The molecule has 0 bridgehead atoms. The molecule has 0 heterocycles. The Morgan fingerprint density at radius 1 is 1.41 bits per heavy atom. The van der Waals surface area contributed by atoms with E-state index in [2.05, 4.69) is 10.0 Å². The van der Waals surface area contributed by atoms with Gasteiger partial charge in [-0.3, -0.25) is 0 Å². The molecule has 0 aliphatic heterocycles. The molecule has 1 aliphatic carbocycles. The molecule has 2 rings (SSSR count). The van der Waals surface area contributed by atoms with Crippen LogP contribution in [0.15, 0.2) is 23.1 Å². The molecule has 0 amide bonds. The van der Waals surface area contributed by atoms with E-state index in [0.717, 1.165) is 25.7 Å². The predicted octanol–water partition coefficient (Wildman–Crippen LogP) is 2.43. The average Bonchev–Trinajstić information content (AvgIpc) is 3.22. The number of hydrogen-bond donors (Lipinski definition) is 3. The minimum Gasteiger partial charge on any atom is -0.478 e. The highest BCUT2D eigenvalue weighted by Gasteiger charge is 2.25. The highest BCUT2D eigenvalue weighted by atomic mass is 32.2. The minimum absolute atomic E-state index is 0.0158.